The molecule has 2 aliphatic rings. The summed E-state index contributed by atoms with van der Waals surface area (Å²) in [5, 5.41) is 9.62. The van der Waals surface area contributed by atoms with E-state index in [-0.39, 0.29) is 6.10 Å². The first kappa shape index (κ1) is 13.4. The van der Waals surface area contributed by atoms with Crippen molar-refractivity contribution in [2.75, 3.05) is 18.0 Å². The molecule has 0 saturated carbocycles. The normalized spacial score (nSPS) is 17.8. The highest BCUT2D eigenvalue weighted by Crippen LogP contribution is 2.25. The molecule has 0 unspecified atom stereocenters. The van der Waals surface area contributed by atoms with Crippen molar-refractivity contribution in [3.05, 3.63) is 42.0 Å². The Kier molecular flexibility index (Phi) is 3.35. The predicted octanol–water partition coefficient (Wildman–Crippen LogP) is 2.07. The van der Waals surface area contributed by atoms with Crippen LogP contribution in [0.25, 0.3) is 17.3 Å². The van der Waals surface area contributed by atoms with Crippen molar-refractivity contribution < 1.29 is 5.11 Å². The number of hydrogen-bond acceptors (Lipinski definition) is 5. The average Bonchev–Trinajstić information content (AvgIpc) is 3.03. The zero-order valence-electron chi connectivity index (χ0n) is 12.3. The molecule has 0 spiro atoms. The van der Waals surface area contributed by atoms with Crippen LogP contribution in [0.3, 0.4) is 0 Å². The first-order chi connectivity index (χ1) is 10.8. The Hall–Kier alpha value is -2.27. The number of hydrogen-bond donors (Lipinski definition) is 1. The fourth-order valence-electron chi connectivity index (χ4n) is 3.00. The van der Waals surface area contributed by atoms with Crippen LogP contribution in [0.1, 0.15) is 24.1 Å². The Bertz CT molecular complexity index is 720. The molecular weight excluding hydrogens is 276 g/mol. The Morgan fingerprint density at radius 2 is 2.00 bits per heavy atom. The molecule has 4 rings (SSSR count). The van der Waals surface area contributed by atoms with Crippen molar-refractivity contribution in [2.45, 2.75) is 25.4 Å². The summed E-state index contributed by atoms with van der Waals surface area (Å²) in [6.07, 6.45) is 12.0. The summed E-state index contributed by atoms with van der Waals surface area (Å²) < 4.78 is 0. The number of piperidine rings is 1. The van der Waals surface area contributed by atoms with Gasteiger partial charge in [-0.1, -0.05) is 12.2 Å². The van der Waals surface area contributed by atoms with Gasteiger partial charge in [-0.25, -0.2) is 4.98 Å². The molecule has 3 heterocycles. The minimum absolute atomic E-state index is 0.180. The Labute approximate surface area is 129 Å². The van der Waals surface area contributed by atoms with Crippen LogP contribution < -0.4 is 4.90 Å². The van der Waals surface area contributed by atoms with Crippen molar-refractivity contribution >= 4 is 11.9 Å². The number of aliphatic hydroxyl groups is 1. The van der Waals surface area contributed by atoms with Crippen LogP contribution >= 0.6 is 0 Å². The molecule has 2 aromatic heterocycles. The predicted molar refractivity (Wildman–Crippen MR) is 85.5 cm³/mol. The van der Waals surface area contributed by atoms with Crippen molar-refractivity contribution in [2.24, 2.45) is 0 Å². The molecule has 5 heteroatoms. The van der Waals surface area contributed by atoms with Crippen molar-refractivity contribution in [3.63, 3.8) is 0 Å². The summed E-state index contributed by atoms with van der Waals surface area (Å²) in [4.78, 5) is 15.8. The van der Waals surface area contributed by atoms with Gasteiger partial charge in [0.15, 0.2) is 0 Å². The summed E-state index contributed by atoms with van der Waals surface area (Å²) >= 11 is 0. The number of pyridine rings is 1. The van der Waals surface area contributed by atoms with Gasteiger partial charge in [-0.05, 0) is 24.5 Å². The van der Waals surface area contributed by atoms with Crippen LogP contribution in [0.4, 0.5) is 5.82 Å². The molecule has 0 atom stereocenters. The molecule has 5 nitrogen and oxygen atoms in total. The quantitative estimate of drug-likeness (QED) is 0.918. The number of aliphatic hydroxyl groups excluding tert-OH is 1. The summed E-state index contributed by atoms with van der Waals surface area (Å²) in [6.45, 7) is 1.65. The highest BCUT2D eigenvalue weighted by molar-refractivity contribution is 5.67. The monoisotopic (exact) mass is 294 g/mol. The van der Waals surface area contributed by atoms with Crippen LogP contribution in [0.2, 0.25) is 0 Å². The van der Waals surface area contributed by atoms with Gasteiger partial charge in [0, 0.05) is 31.3 Å². The first-order valence-electron chi connectivity index (χ1n) is 7.70. The second-order valence-corrected chi connectivity index (χ2v) is 5.85. The minimum Gasteiger partial charge on any atom is -0.393 e. The summed E-state index contributed by atoms with van der Waals surface area (Å²) in [6, 6.07) is 2.12. The van der Waals surface area contributed by atoms with Crippen LogP contribution in [-0.2, 0) is 6.42 Å². The molecule has 1 aliphatic carbocycles. The second kappa shape index (κ2) is 5.50. The minimum atomic E-state index is -0.180. The zero-order valence-corrected chi connectivity index (χ0v) is 12.3. The molecule has 2 aromatic rings. The van der Waals surface area contributed by atoms with Gasteiger partial charge < -0.3 is 10.0 Å². The number of aromatic nitrogens is 3. The van der Waals surface area contributed by atoms with E-state index in [9.17, 15) is 5.11 Å². The van der Waals surface area contributed by atoms with E-state index >= 15 is 0 Å². The zero-order chi connectivity index (χ0) is 14.9. The van der Waals surface area contributed by atoms with Crippen LogP contribution in [-0.4, -0.2) is 39.3 Å². The highest BCUT2D eigenvalue weighted by atomic mass is 16.3. The number of nitrogens with zero attached hydrogens (tertiary/aromatic N) is 4. The molecular formula is C17H18N4O. The summed E-state index contributed by atoms with van der Waals surface area (Å²) in [5.41, 5.74) is 4.14. The molecule has 1 saturated heterocycles. The van der Waals surface area contributed by atoms with Crippen molar-refractivity contribution in [3.8, 4) is 11.3 Å². The smallest absolute Gasteiger partial charge is 0.147 e. The topological polar surface area (TPSA) is 62.1 Å². The lowest BCUT2D eigenvalue weighted by atomic mass is 10.1. The van der Waals surface area contributed by atoms with Gasteiger partial charge in [0.05, 0.1) is 29.9 Å². The number of anilines is 1. The summed E-state index contributed by atoms with van der Waals surface area (Å²) in [7, 11) is 0. The number of fused-ring (bicyclic) bond motifs is 1. The Morgan fingerprint density at radius 3 is 2.86 bits per heavy atom. The number of rotatable bonds is 2. The van der Waals surface area contributed by atoms with Gasteiger partial charge >= 0.3 is 0 Å². The number of allylic oxidation sites excluding steroid dienone is 1. The van der Waals surface area contributed by atoms with E-state index in [4.69, 9.17) is 4.98 Å². The molecule has 1 aliphatic heterocycles. The molecule has 22 heavy (non-hydrogen) atoms. The van der Waals surface area contributed by atoms with Crippen molar-refractivity contribution in [1.82, 2.24) is 15.0 Å². The summed E-state index contributed by atoms with van der Waals surface area (Å²) in [5.74, 6) is 0.875. The van der Waals surface area contributed by atoms with Gasteiger partial charge in [0.1, 0.15) is 5.82 Å². The van der Waals surface area contributed by atoms with Gasteiger partial charge in [-0.3, -0.25) is 9.97 Å². The fraction of sp³-hybridized carbons (Fsp3) is 0.353. The lowest BCUT2D eigenvalue weighted by Crippen LogP contribution is -2.36. The van der Waals surface area contributed by atoms with E-state index in [1.165, 1.54) is 5.56 Å². The maximum atomic E-state index is 9.62. The third kappa shape index (κ3) is 2.48. The molecule has 0 radical (unpaired) electrons. The maximum Gasteiger partial charge on any atom is 0.147 e. The highest BCUT2D eigenvalue weighted by Gasteiger charge is 2.19. The van der Waals surface area contributed by atoms with Gasteiger partial charge in [-0.2, -0.15) is 0 Å². The third-order valence-electron chi connectivity index (χ3n) is 4.32. The van der Waals surface area contributed by atoms with E-state index in [0.717, 1.165) is 55.1 Å². The fourth-order valence-corrected chi connectivity index (χ4v) is 3.00. The van der Waals surface area contributed by atoms with E-state index in [1.54, 1.807) is 12.4 Å². The van der Waals surface area contributed by atoms with Gasteiger partial charge in [-0.15, -0.1) is 0 Å². The largest absolute Gasteiger partial charge is 0.393 e. The average molecular weight is 294 g/mol. The van der Waals surface area contributed by atoms with E-state index in [1.807, 2.05) is 6.20 Å². The second-order valence-electron chi connectivity index (χ2n) is 5.85. The van der Waals surface area contributed by atoms with Crippen molar-refractivity contribution in [1.29, 1.82) is 0 Å². The lowest BCUT2D eigenvalue weighted by Gasteiger charge is -2.30. The maximum absolute atomic E-state index is 9.62. The molecule has 0 bridgehead atoms. The van der Waals surface area contributed by atoms with E-state index in [2.05, 4.69) is 33.1 Å². The van der Waals surface area contributed by atoms with Crippen LogP contribution in [0.5, 0.6) is 0 Å². The van der Waals surface area contributed by atoms with Gasteiger partial charge in [0.2, 0.25) is 0 Å². The Morgan fingerprint density at radius 1 is 1.14 bits per heavy atom. The molecule has 1 fully saturated rings. The van der Waals surface area contributed by atoms with E-state index < -0.39 is 0 Å². The lowest BCUT2D eigenvalue weighted by molar-refractivity contribution is 0.145. The third-order valence-corrected chi connectivity index (χ3v) is 4.32. The molecule has 0 aromatic carbocycles. The van der Waals surface area contributed by atoms with Crippen LogP contribution in [0, 0.1) is 0 Å². The van der Waals surface area contributed by atoms with Crippen LogP contribution in [0.15, 0.2) is 30.7 Å². The Balaban J connectivity index is 1.63. The molecule has 0 amide bonds. The van der Waals surface area contributed by atoms with E-state index in [0.29, 0.717) is 0 Å². The first-order valence-corrected chi connectivity index (χ1v) is 7.70. The molecule has 112 valence electrons. The van der Waals surface area contributed by atoms with Gasteiger partial charge in [0.25, 0.3) is 0 Å². The SMILES string of the molecule is OC1CCN(c2cncc(-c3cnc4c(c3)C=CC4)n2)CC1. The molecule has 1 N–H and O–H groups in total. The standard InChI is InChI=1S/C17H18N4O/c22-14-4-6-21(7-5-14)17-11-18-10-16(20-17)13-8-12-2-1-3-15(12)19-9-13/h1-2,8-11,14,22H,3-7H2.